The van der Waals surface area contributed by atoms with Crippen LogP contribution >= 0.6 is 0 Å². The topological polar surface area (TPSA) is 44.8 Å². The number of hydrogen-bond donors (Lipinski definition) is 0. The molecule has 0 aromatic heterocycles. The van der Waals surface area contributed by atoms with Gasteiger partial charge < -0.3 is 14.2 Å². The Kier molecular flexibility index (Phi) is 4.51. The summed E-state index contributed by atoms with van der Waals surface area (Å²) in [6.45, 7) is 3.39. The van der Waals surface area contributed by atoms with Gasteiger partial charge in [-0.15, -0.1) is 0 Å². The van der Waals surface area contributed by atoms with Crippen LogP contribution < -0.4 is 0 Å². The van der Waals surface area contributed by atoms with Gasteiger partial charge in [0.05, 0.1) is 19.8 Å². The first-order chi connectivity index (χ1) is 10.8. The minimum absolute atomic E-state index is 0.312. The number of ether oxygens (including phenoxy) is 3. The largest absolute Gasteiger partial charge is 0.463 e. The van der Waals surface area contributed by atoms with Gasteiger partial charge in [0.1, 0.15) is 0 Å². The summed E-state index contributed by atoms with van der Waals surface area (Å²) in [6, 6.07) is 12.0. The molecular weight excluding hydrogens is 280 g/mol. The summed E-state index contributed by atoms with van der Waals surface area (Å²) in [6.07, 6.45) is 2.92. The molecular formula is C18H18O4. The molecule has 4 nitrogen and oxygen atoms in total. The van der Waals surface area contributed by atoms with Crippen molar-refractivity contribution in [3.63, 3.8) is 0 Å². The second-order valence-corrected chi connectivity index (χ2v) is 4.95. The maximum atomic E-state index is 11.5. The number of carbonyl (C=O) groups excluding carboxylic acids is 1. The SMILES string of the molecule is CCOC(=O)C=Cc1ccc(C2OCCO2)c2ccccc12. The Morgan fingerprint density at radius 2 is 1.91 bits per heavy atom. The van der Waals surface area contributed by atoms with E-state index in [1.165, 1.54) is 6.08 Å². The van der Waals surface area contributed by atoms with E-state index in [-0.39, 0.29) is 12.3 Å². The number of fused-ring (bicyclic) bond motifs is 1. The predicted octanol–water partition coefficient (Wildman–Crippen LogP) is 3.46. The van der Waals surface area contributed by atoms with Gasteiger partial charge >= 0.3 is 5.97 Å². The molecule has 1 aliphatic rings. The highest BCUT2D eigenvalue weighted by Crippen LogP contribution is 2.32. The van der Waals surface area contributed by atoms with E-state index in [4.69, 9.17) is 14.2 Å². The summed E-state index contributed by atoms with van der Waals surface area (Å²) in [5.74, 6) is -0.335. The zero-order valence-corrected chi connectivity index (χ0v) is 12.5. The lowest BCUT2D eigenvalue weighted by atomic mass is 9.99. The van der Waals surface area contributed by atoms with Crippen LogP contribution in [0.5, 0.6) is 0 Å². The molecule has 3 rings (SSSR count). The van der Waals surface area contributed by atoms with Crippen molar-refractivity contribution in [2.75, 3.05) is 19.8 Å². The Morgan fingerprint density at radius 3 is 2.64 bits per heavy atom. The van der Waals surface area contributed by atoms with Crippen molar-refractivity contribution in [2.45, 2.75) is 13.2 Å². The van der Waals surface area contributed by atoms with Gasteiger partial charge in [-0.3, -0.25) is 0 Å². The van der Waals surface area contributed by atoms with Crippen LogP contribution in [0.1, 0.15) is 24.3 Å². The maximum absolute atomic E-state index is 11.5. The zero-order valence-electron chi connectivity index (χ0n) is 12.5. The van der Waals surface area contributed by atoms with Crippen molar-refractivity contribution in [3.8, 4) is 0 Å². The van der Waals surface area contributed by atoms with Gasteiger partial charge in [0.2, 0.25) is 0 Å². The molecule has 1 heterocycles. The number of carbonyl (C=O) groups is 1. The molecule has 0 saturated carbocycles. The number of hydrogen-bond acceptors (Lipinski definition) is 4. The van der Waals surface area contributed by atoms with E-state index in [2.05, 4.69) is 0 Å². The van der Waals surface area contributed by atoms with Gasteiger partial charge in [-0.05, 0) is 29.3 Å². The molecule has 0 atom stereocenters. The fourth-order valence-corrected chi connectivity index (χ4v) is 2.58. The molecule has 0 amide bonds. The predicted molar refractivity (Wildman–Crippen MR) is 84.3 cm³/mol. The van der Waals surface area contributed by atoms with Crippen LogP contribution in [0.15, 0.2) is 42.5 Å². The zero-order chi connectivity index (χ0) is 15.4. The summed E-state index contributed by atoms with van der Waals surface area (Å²) >= 11 is 0. The molecule has 1 saturated heterocycles. The fourth-order valence-electron chi connectivity index (χ4n) is 2.58. The third-order valence-electron chi connectivity index (χ3n) is 3.55. The van der Waals surface area contributed by atoms with Crippen molar-refractivity contribution in [3.05, 3.63) is 53.6 Å². The summed E-state index contributed by atoms with van der Waals surface area (Å²) in [5.41, 5.74) is 1.98. The first kappa shape index (κ1) is 14.8. The van der Waals surface area contributed by atoms with E-state index in [0.29, 0.717) is 19.8 Å². The number of benzene rings is 2. The first-order valence-corrected chi connectivity index (χ1v) is 7.39. The summed E-state index contributed by atoms with van der Waals surface area (Å²) < 4.78 is 16.1. The molecule has 2 aromatic carbocycles. The molecule has 0 bridgehead atoms. The second kappa shape index (κ2) is 6.73. The molecule has 2 aromatic rings. The highest BCUT2D eigenvalue weighted by atomic mass is 16.7. The summed E-state index contributed by atoms with van der Waals surface area (Å²) in [7, 11) is 0. The molecule has 1 aliphatic heterocycles. The molecule has 0 N–H and O–H groups in total. The van der Waals surface area contributed by atoms with Gasteiger partial charge in [0.15, 0.2) is 6.29 Å². The molecule has 1 fully saturated rings. The van der Waals surface area contributed by atoms with Crippen LogP contribution in [0.3, 0.4) is 0 Å². The van der Waals surface area contributed by atoms with Crippen molar-refractivity contribution >= 4 is 22.8 Å². The smallest absolute Gasteiger partial charge is 0.330 e. The monoisotopic (exact) mass is 298 g/mol. The Hall–Kier alpha value is -2.17. The van der Waals surface area contributed by atoms with Gasteiger partial charge in [-0.2, -0.15) is 0 Å². The van der Waals surface area contributed by atoms with E-state index < -0.39 is 0 Å². The molecule has 0 unspecified atom stereocenters. The minimum atomic E-state index is -0.335. The van der Waals surface area contributed by atoms with E-state index in [0.717, 1.165) is 21.9 Å². The average molecular weight is 298 g/mol. The van der Waals surface area contributed by atoms with Gasteiger partial charge in [0.25, 0.3) is 0 Å². The molecule has 0 radical (unpaired) electrons. The van der Waals surface area contributed by atoms with Crippen molar-refractivity contribution < 1.29 is 19.0 Å². The maximum Gasteiger partial charge on any atom is 0.330 e. The second-order valence-electron chi connectivity index (χ2n) is 4.95. The van der Waals surface area contributed by atoms with E-state index in [1.807, 2.05) is 36.4 Å². The van der Waals surface area contributed by atoms with Crippen molar-refractivity contribution in [2.24, 2.45) is 0 Å². The standard InChI is InChI=1S/C18H18O4/c1-2-20-17(19)10-8-13-7-9-16(18-21-11-12-22-18)15-6-4-3-5-14(13)15/h3-10,18H,2,11-12H2,1H3. The van der Waals surface area contributed by atoms with Crippen LogP contribution in [0.2, 0.25) is 0 Å². The lowest BCUT2D eigenvalue weighted by molar-refractivity contribution is -0.137. The molecule has 0 spiro atoms. The van der Waals surface area contributed by atoms with E-state index in [9.17, 15) is 4.79 Å². The summed E-state index contributed by atoms with van der Waals surface area (Å²) in [4.78, 5) is 11.5. The van der Waals surface area contributed by atoms with Crippen molar-refractivity contribution in [1.29, 1.82) is 0 Å². The van der Waals surface area contributed by atoms with Crippen LogP contribution in [-0.4, -0.2) is 25.8 Å². The van der Waals surface area contributed by atoms with Gasteiger partial charge in [0, 0.05) is 11.6 Å². The van der Waals surface area contributed by atoms with Gasteiger partial charge in [-0.25, -0.2) is 4.79 Å². The quantitative estimate of drug-likeness (QED) is 0.640. The van der Waals surface area contributed by atoms with Crippen LogP contribution in [0.4, 0.5) is 0 Å². The van der Waals surface area contributed by atoms with Crippen LogP contribution in [-0.2, 0) is 19.0 Å². The lowest BCUT2D eigenvalue weighted by Crippen LogP contribution is -2.00. The highest BCUT2D eigenvalue weighted by molar-refractivity contribution is 5.96. The Bertz CT molecular complexity index is 699. The first-order valence-electron chi connectivity index (χ1n) is 7.39. The highest BCUT2D eigenvalue weighted by Gasteiger charge is 2.20. The third-order valence-corrected chi connectivity index (χ3v) is 3.55. The van der Waals surface area contributed by atoms with Crippen LogP contribution in [0, 0.1) is 0 Å². The molecule has 22 heavy (non-hydrogen) atoms. The third kappa shape index (κ3) is 3.03. The normalized spacial score (nSPS) is 15.7. The van der Waals surface area contributed by atoms with E-state index >= 15 is 0 Å². The van der Waals surface area contributed by atoms with Crippen molar-refractivity contribution in [1.82, 2.24) is 0 Å². The summed E-state index contributed by atoms with van der Waals surface area (Å²) in [5, 5.41) is 2.13. The molecule has 114 valence electrons. The Balaban J connectivity index is 1.99. The Labute approximate surface area is 129 Å². The molecule has 0 aliphatic carbocycles. The van der Waals surface area contributed by atoms with Crippen LogP contribution in [0.25, 0.3) is 16.8 Å². The number of rotatable bonds is 4. The number of esters is 1. The fraction of sp³-hybridized carbons (Fsp3) is 0.278. The van der Waals surface area contributed by atoms with E-state index in [1.54, 1.807) is 13.0 Å². The minimum Gasteiger partial charge on any atom is -0.463 e. The Morgan fingerprint density at radius 1 is 1.18 bits per heavy atom. The average Bonchev–Trinajstić information content (AvgIpc) is 3.07. The van der Waals surface area contributed by atoms with Gasteiger partial charge in [-0.1, -0.05) is 36.4 Å². The lowest BCUT2D eigenvalue weighted by Gasteiger charge is -2.14. The molecule has 4 heteroatoms.